The molecular formula is C15H23FN2O. The second-order valence-corrected chi connectivity index (χ2v) is 4.73. The van der Waals surface area contributed by atoms with Crippen molar-refractivity contribution in [2.75, 3.05) is 6.54 Å². The zero-order valence-electron chi connectivity index (χ0n) is 11.7. The Morgan fingerprint density at radius 2 is 2.16 bits per heavy atom. The van der Waals surface area contributed by atoms with Crippen LogP contribution in [0.3, 0.4) is 0 Å². The van der Waals surface area contributed by atoms with E-state index in [1.54, 1.807) is 11.0 Å². The molecule has 19 heavy (non-hydrogen) atoms. The zero-order valence-corrected chi connectivity index (χ0v) is 11.7. The van der Waals surface area contributed by atoms with Crippen molar-refractivity contribution in [3.63, 3.8) is 0 Å². The number of nitrogens with zero attached hydrogens (tertiary/aromatic N) is 1. The van der Waals surface area contributed by atoms with Crippen molar-refractivity contribution in [3.8, 4) is 0 Å². The smallest absolute Gasteiger partial charge is 0.239 e. The number of carbonyl (C=O) groups is 1. The van der Waals surface area contributed by atoms with Crippen molar-refractivity contribution in [1.82, 2.24) is 4.90 Å². The average molecular weight is 266 g/mol. The fraction of sp³-hybridized carbons (Fsp3) is 0.533. The third kappa shape index (κ3) is 4.99. The van der Waals surface area contributed by atoms with Gasteiger partial charge in [-0.3, -0.25) is 4.79 Å². The molecule has 0 aromatic heterocycles. The van der Waals surface area contributed by atoms with Crippen LogP contribution in [-0.2, 0) is 11.3 Å². The van der Waals surface area contributed by atoms with E-state index in [2.05, 4.69) is 6.92 Å². The minimum atomic E-state index is -0.451. The maximum atomic E-state index is 13.1. The summed E-state index contributed by atoms with van der Waals surface area (Å²) in [4.78, 5) is 13.9. The van der Waals surface area contributed by atoms with Gasteiger partial charge in [-0.05, 0) is 31.0 Å². The molecular weight excluding hydrogens is 243 g/mol. The van der Waals surface area contributed by atoms with Gasteiger partial charge < -0.3 is 10.6 Å². The van der Waals surface area contributed by atoms with Gasteiger partial charge in [-0.15, -0.1) is 0 Å². The van der Waals surface area contributed by atoms with Gasteiger partial charge in [0.2, 0.25) is 5.91 Å². The van der Waals surface area contributed by atoms with E-state index < -0.39 is 6.04 Å². The molecule has 0 spiro atoms. The Morgan fingerprint density at radius 1 is 1.42 bits per heavy atom. The van der Waals surface area contributed by atoms with E-state index in [-0.39, 0.29) is 11.7 Å². The Morgan fingerprint density at radius 3 is 2.74 bits per heavy atom. The molecule has 3 nitrogen and oxygen atoms in total. The molecule has 1 aromatic carbocycles. The second kappa shape index (κ2) is 7.89. The molecule has 2 N–H and O–H groups in total. The fourth-order valence-electron chi connectivity index (χ4n) is 1.98. The van der Waals surface area contributed by atoms with E-state index in [1.165, 1.54) is 12.1 Å². The largest absolute Gasteiger partial charge is 0.337 e. The molecule has 4 heteroatoms. The van der Waals surface area contributed by atoms with Crippen LogP contribution in [0.2, 0.25) is 0 Å². The SMILES string of the molecule is CCCCC(N)C(=O)N(CC)Cc1cccc(F)c1. The highest BCUT2D eigenvalue weighted by molar-refractivity contribution is 5.81. The lowest BCUT2D eigenvalue weighted by Crippen LogP contribution is -2.43. The third-order valence-corrected chi connectivity index (χ3v) is 3.14. The summed E-state index contributed by atoms with van der Waals surface area (Å²) in [7, 11) is 0. The lowest BCUT2D eigenvalue weighted by molar-refractivity contribution is -0.133. The number of hydrogen-bond acceptors (Lipinski definition) is 2. The normalized spacial score (nSPS) is 12.2. The Labute approximate surface area is 114 Å². The highest BCUT2D eigenvalue weighted by Gasteiger charge is 2.19. The molecule has 0 saturated carbocycles. The maximum Gasteiger partial charge on any atom is 0.239 e. The van der Waals surface area contributed by atoms with E-state index in [0.717, 1.165) is 18.4 Å². The summed E-state index contributed by atoms with van der Waals surface area (Å²) >= 11 is 0. The monoisotopic (exact) mass is 266 g/mol. The minimum absolute atomic E-state index is 0.0554. The van der Waals surface area contributed by atoms with Gasteiger partial charge in [0.25, 0.3) is 0 Å². The number of benzene rings is 1. The van der Waals surface area contributed by atoms with Gasteiger partial charge in [-0.2, -0.15) is 0 Å². The van der Waals surface area contributed by atoms with Crippen LogP contribution in [0.5, 0.6) is 0 Å². The summed E-state index contributed by atoms with van der Waals surface area (Å²) < 4.78 is 13.1. The fourth-order valence-corrected chi connectivity index (χ4v) is 1.98. The number of unbranched alkanes of at least 4 members (excludes halogenated alkanes) is 1. The first-order valence-electron chi connectivity index (χ1n) is 6.87. The molecule has 0 radical (unpaired) electrons. The molecule has 0 heterocycles. The number of carbonyl (C=O) groups excluding carboxylic acids is 1. The molecule has 1 amide bonds. The summed E-state index contributed by atoms with van der Waals surface area (Å²) in [5, 5.41) is 0. The quantitative estimate of drug-likeness (QED) is 0.824. The van der Waals surface area contributed by atoms with Gasteiger partial charge in [-0.1, -0.05) is 31.9 Å². The summed E-state index contributed by atoms with van der Waals surface area (Å²) in [6.07, 6.45) is 2.68. The lowest BCUT2D eigenvalue weighted by atomic mass is 10.1. The molecule has 1 rings (SSSR count). The highest BCUT2D eigenvalue weighted by atomic mass is 19.1. The molecule has 0 fully saturated rings. The standard InChI is InChI=1S/C15H23FN2O/c1-3-5-9-14(17)15(19)18(4-2)11-12-7-6-8-13(16)10-12/h6-8,10,14H,3-5,9,11,17H2,1-2H3. The van der Waals surface area contributed by atoms with Gasteiger partial charge in [-0.25, -0.2) is 4.39 Å². The molecule has 0 aliphatic heterocycles. The number of likely N-dealkylation sites (N-methyl/N-ethyl adjacent to an activating group) is 1. The van der Waals surface area contributed by atoms with Gasteiger partial charge >= 0.3 is 0 Å². The number of rotatable bonds is 7. The van der Waals surface area contributed by atoms with E-state index >= 15 is 0 Å². The number of nitrogens with two attached hydrogens (primary N) is 1. The summed E-state index contributed by atoms with van der Waals surface area (Å²) in [5.41, 5.74) is 6.69. The number of hydrogen-bond donors (Lipinski definition) is 1. The van der Waals surface area contributed by atoms with Gasteiger partial charge in [0.15, 0.2) is 0 Å². The predicted octanol–water partition coefficient (Wildman–Crippen LogP) is 2.69. The van der Waals surface area contributed by atoms with Crippen LogP contribution < -0.4 is 5.73 Å². The molecule has 1 unspecified atom stereocenters. The summed E-state index contributed by atoms with van der Waals surface area (Å²) in [6.45, 7) is 4.97. The van der Waals surface area contributed by atoms with Gasteiger partial charge in [0.1, 0.15) is 5.82 Å². The Balaban J connectivity index is 2.64. The van der Waals surface area contributed by atoms with Crippen LogP contribution in [-0.4, -0.2) is 23.4 Å². The number of halogens is 1. The maximum absolute atomic E-state index is 13.1. The van der Waals surface area contributed by atoms with E-state index in [1.807, 2.05) is 13.0 Å². The molecule has 1 aromatic rings. The van der Waals surface area contributed by atoms with Gasteiger partial charge in [0.05, 0.1) is 6.04 Å². The Kier molecular flexibility index (Phi) is 6.50. The minimum Gasteiger partial charge on any atom is -0.337 e. The Hall–Kier alpha value is -1.42. The molecule has 1 atom stereocenters. The van der Waals surface area contributed by atoms with E-state index in [4.69, 9.17) is 5.73 Å². The van der Waals surface area contributed by atoms with Crippen molar-refractivity contribution < 1.29 is 9.18 Å². The van der Waals surface area contributed by atoms with Crippen molar-refractivity contribution in [1.29, 1.82) is 0 Å². The van der Waals surface area contributed by atoms with Crippen molar-refractivity contribution in [3.05, 3.63) is 35.6 Å². The van der Waals surface area contributed by atoms with Crippen LogP contribution in [0.15, 0.2) is 24.3 Å². The van der Waals surface area contributed by atoms with Crippen molar-refractivity contribution >= 4 is 5.91 Å². The molecule has 106 valence electrons. The zero-order chi connectivity index (χ0) is 14.3. The first kappa shape index (κ1) is 15.6. The highest BCUT2D eigenvalue weighted by Crippen LogP contribution is 2.10. The van der Waals surface area contributed by atoms with E-state index in [0.29, 0.717) is 19.5 Å². The van der Waals surface area contributed by atoms with Crippen molar-refractivity contribution in [2.45, 2.75) is 45.7 Å². The lowest BCUT2D eigenvalue weighted by Gasteiger charge is -2.24. The summed E-state index contributed by atoms with van der Waals surface area (Å²) in [5.74, 6) is -0.337. The molecule has 0 bridgehead atoms. The molecule has 0 aliphatic carbocycles. The van der Waals surface area contributed by atoms with Crippen LogP contribution in [0, 0.1) is 5.82 Å². The van der Waals surface area contributed by atoms with Crippen LogP contribution in [0.1, 0.15) is 38.7 Å². The van der Waals surface area contributed by atoms with Crippen LogP contribution in [0.4, 0.5) is 4.39 Å². The number of amides is 1. The molecule has 0 aliphatic rings. The average Bonchev–Trinajstić information content (AvgIpc) is 2.41. The first-order chi connectivity index (χ1) is 9.08. The molecule has 0 saturated heterocycles. The van der Waals surface area contributed by atoms with Gasteiger partial charge in [0, 0.05) is 13.1 Å². The van der Waals surface area contributed by atoms with Crippen LogP contribution in [0.25, 0.3) is 0 Å². The van der Waals surface area contributed by atoms with Crippen LogP contribution >= 0.6 is 0 Å². The summed E-state index contributed by atoms with van der Waals surface area (Å²) in [6, 6.07) is 5.87. The van der Waals surface area contributed by atoms with Crippen molar-refractivity contribution in [2.24, 2.45) is 5.73 Å². The first-order valence-corrected chi connectivity index (χ1v) is 6.87. The topological polar surface area (TPSA) is 46.3 Å². The predicted molar refractivity (Wildman–Crippen MR) is 75.0 cm³/mol. The third-order valence-electron chi connectivity index (χ3n) is 3.14. The Bertz CT molecular complexity index is 409. The second-order valence-electron chi connectivity index (χ2n) is 4.73. The van der Waals surface area contributed by atoms with E-state index in [9.17, 15) is 9.18 Å².